The van der Waals surface area contributed by atoms with Gasteiger partial charge in [0.15, 0.2) is 6.61 Å². The third kappa shape index (κ3) is 4.76. The number of nitrogens with one attached hydrogen (secondary N) is 1. The number of hydrogen-bond donors (Lipinski definition) is 1. The molecule has 1 heterocycles. The average molecular weight is 499 g/mol. The van der Waals surface area contributed by atoms with E-state index in [1.54, 1.807) is 6.07 Å². The zero-order valence-electron chi connectivity index (χ0n) is 11.5. The molecule has 126 valence electrons. The van der Waals surface area contributed by atoms with Crippen LogP contribution in [0.1, 0.15) is 9.67 Å². The van der Waals surface area contributed by atoms with Crippen molar-refractivity contribution in [2.24, 2.45) is 0 Å². The molecule has 24 heavy (non-hydrogen) atoms. The van der Waals surface area contributed by atoms with Crippen LogP contribution in [0.15, 0.2) is 32.5 Å². The van der Waals surface area contributed by atoms with Crippen molar-refractivity contribution in [1.82, 2.24) is 0 Å². The number of thiophene rings is 1. The molecular weight excluding hydrogens is 491 g/mol. The molecule has 7 nitrogen and oxygen atoms in total. The number of ether oxygens (including phenoxy) is 1. The summed E-state index contributed by atoms with van der Waals surface area (Å²) in [5.74, 6) is -1.33. The first kappa shape index (κ1) is 18.8. The first-order valence-electron chi connectivity index (χ1n) is 6.13. The second kappa shape index (κ2) is 8.06. The van der Waals surface area contributed by atoms with Crippen LogP contribution < -0.4 is 5.32 Å². The first-order chi connectivity index (χ1) is 11.3. The van der Waals surface area contributed by atoms with Gasteiger partial charge in [-0.2, -0.15) is 0 Å². The van der Waals surface area contributed by atoms with Crippen LogP contribution in [0, 0.1) is 10.1 Å². The molecule has 2 rings (SSSR count). The zero-order valence-corrected chi connectivity index (χ0v) is 16.3. The SMILES string of the molecule is O=C(COC(=O)c1cc(Br)c(Br)s1)Nc1cc([N+](=O)[O-])ccc1Cl. The highest BCUT2D eigenvalue weighted by Gasteiger charge is 2.16. The molecule has 0 unspecified atom stereocenters. The summed E-state index contributed by atoms with van der Waals surface area (Å²) in [4.78, 5) is 34.1. The number of hydrogen-bond acceptors (Lipinski definition) is 6. The summed E-state index contributed by atoms with van der Waals surface area (Å²) in [6.45, 7) is -0.551. The van der Waals surface area contributed by atoms with E-state index >= 15 is 0 Å². The summed E-state index contributed by atoms with van der Waals surface area (Å²) in [6, 6.07) is 5.19. The van der Waals surface area contributed by atoms with Crippen molar-refractivity contribution >= 4 is 78.0 Å². The first-order valence-corrected chi connectivity index (χ1v) is 8.91. The van der Waals surface area contributed by atoms with E-state index in [9.17, 15) is 19.7 Å². The number of nitro benzene ring substituents is 1. The number of carbonyl (C=O) groups is 2. The van der Waals surface area contributed by atoms with Crippen LogP contribution >= 0.6 is 54.8 Å². The van der Waals surface area contributed by atoms with Crippen LogP contribution in [-0.4, -0.2) is 23.4 Å². The van der Waals surface area contributed by atoms with E-state index < -0.39 is 23.4 Å². The highest BCUT2D eigenvalue weighted by atomic mass is 79.9. The van der Waals surface area contributed by atoms with Gasteiger partial charge in [-0.15, -0.1) is 11.3 Å². The molecule has 1 amide bonds. The van der Waals surface area contributed by atoms with E-state index in [4.69, 9.17) is 16.3 Å². The lowest BCUT2D eigenvalue weighted by atomic mass is 10.3. The van der Waals surface area contributed by atoms with Crippen molar-refractivity contribution in [2.45, 2.75) is 0 Å². The molecule has 1 aromatic carbocycles. The van der Waals surface area contributed by atoms with E-state index in [-0.39, 0.29) is 16.4 Å². The molecule has 1 N–H and O–H groups in total. The Balaban J connectivity index is 1.97. The van der Waals surface area contributed by atoms with E-state index in [0.717, 1.165) is 21.2 Å². The van der Waals surface area contributed by atoms with Gasteiger partial charge < -0.3 is 10.1 Å². The Hall–Kier alpha value is -1.49. The van der Waals surface area contributed by atoms with Gasteiger partial charge in [0.1, 0.15) is 4.88 Å². The molecular formula is C13H7Br2ClN2O5S. The molecule has 0 saturated carbocycles. The maximum atomic E-state index is 11.8. The van der Waals surface area contributed by atoms with Crippen molar-refractivity contribution in [1.29, 1.82) is 0 Å². The van der Waals surface area contributed by atoms with E-state index in [0.29, 0.717) is 9.35 Å². The third-order valence-corrected chi connectivity index (χ3v) is 6.18. The summed E-state index contributed by atoms with van der Waals surface area (Å²) in [5, 5.41) is 13.2. The minimum Gasteiger partial charge on any atom is -0.451 e. The lowest BCUT2D eigenvalue weighted by Gasteiger charge is -2.07. The van der Waals surface area contributed by atoms with Gasteiger partial charge in [0.25, 0.3) is 11.6 Å². The normalized spacial score (nSPS) is 10.3. The Bertz CT molecular complexity index is 807. The number of nitro groups is 1. The number of benzene rings is 1. The van der Waals surface area contributed by atoms with Crippen molar-refractivity contribution < 1.29 is 19.2 Å². The van der Waals surface area contributed by atoms with Gasteiger partial charge in [-0.3, -0.25) is 14.9 Å². The minimum absolute atomic E-state index is 0.0635. The fourth-order valence-electron chi connectivity index (χ4n) is 1.56. The number of nitrogens with zero attached hydrogens (tertiary/aromatic N) is 1. The Morgan fingerprint density at radius 2 is 2.04 bits per heavy atom. The Morgan fingerprint density at radius 3 is 2.62 bits per heavy atom. The average Bonchev–Trinajstić information content (AvgIpc) is 2.86. The molecule has 1 aromatic heterocycles. The molecule has 0 saturated heterocycles. The van der Waals surface area contributed by atoms with Gasteiger partial charge in [0, 0.05) is 16.6 Å². The summed E-state index contributed by atoms with van der Waals surface area (Å²) in [6.07, 6.45) is 0. The monoisotopic (exact) mass is 496 g/mol. The maximum absolute atomic E-state index is 11.8. The molecule has 0 atom stereocenters. The van der Waals surface area contributed by atoms with Gasteiger partial charge in [-0.1, -0.05) is 11.6 Å². The lowest BCUT2D eigenvalue weighted by Crippen LogP contribution is -2.20. The number of halogens is 3. The number of rotatable bonds is 5. The molecule has 0 radical (unpaired) electrons. The lowest BCUT2D eigenvalue weighted by molar-refractivity contribution is -0.384. The smallest absolute Gasteiger partial charge is 0.348 e. The Labute approximate surface area is 161 Å². The van der Waals surface area contributed by atoms with Gasteiger partial charge >= 0.3 is 5.97 Å². The van der Waals surface area contributed by atoms with Crippen LogP contribution in [0.25, 0.3) is 0 Å². The summed E-state index contributed by atoms with van der Waals surface area (Å²) in [7, 11) is 0. The molecule has 0 aliphatic heterocycles. The molecule has 0 bridgehead atoms. The van der Waals surface area contributed by atoms with Gasteiger partial charge in [0.2, 0.25) is 0 Å². The third-order valence-electron chi connectivity index (χ3n) is 2.62. The van der Waals surface area contributed by atoms with Gasteiger partial charge in [-0.25, -0.2) is 4.79 Å². The highest BCUT2D eigenvalue weighted by Crippen LogP contribution is 2.32. The second-order valence-electron chi connectivity index (χ2n) is 4.28. The van der Waals surface area contributed by atoms with E-state index in [1.807, 2.05) is 0 Å². The van der Waals surface area contributed by atoms with E-state index in [1.165, 1.54) is 12.1 Å². The molecule has 0 aliphatic rings. The quantitative estimate of drug-likeness (QED) is 0.368. The predicted molar refractivity (Wildman–Crippen MR) is 96.7 cm³/mol. The molecule has 2 aromatic rings. The largest absolute Gasteiger partial charge is 0.451 e. The van der Waals surface area contributed by atoms with Gasteiger partial charge in [-0.05, 0) is 44.0 Å². The van der Waals surface area contributed by atoms with Crippen molar-refractivity contribution in [3.63, 3.8) is 0 Å². The molecule has 0 fully saturated rings. The van der Waals surface area contributed by atoms with Crippen LogP contribution in [0.3, 0.4) is 0 Å². The fraction of sp³-hybridized carbons (Fsp3) is 0.0769. The molecule has 0 aliphatic carbocycles. The predicted octanol–water partition coefficient (Wildman–Crippen LogP) is 4.63. The Kier molecular flexibility index (Phi) is 6.33. The van der Waals surface area contributed by atoms with Crippen LogP contribution in [0.4, 0.5) is 11.4 Å². The summed E-state index contributed by atoms with van der Waals surface area (Å²) >= 11 is 13.5. The van der Waals surface area contributed by atoms with E-state index in [2.05, 4.69) is 37.2 Å². The molecule has 11 heteroatoms. The summed E-state index contributed by atoms with van der Waals surface area (Å²) < 4.78 is 6.31. The number of carbonyl (C=O) groups excluding carboxylic acids is 2. The number of anilines is 1. The van der Waals surface area contributed by atoms with Crippen LogP contribution in [0.5, 0.6) is 0 Å². The van der Waals surface area contributed by atoms with Crippen molar-refractivity contribution in [3.05, 3.63) is 52.5 Å². The summed E-state index contributed by atoms with van der Waals surface area (Å²) in [5.41, 5.74) is -0.159. The number of esters is 1. The number of amides is 1. The Morgan fingerprint density at radius 1 is 1.33 bits per heavy atom. The minimum atomic E-state index is -0.666. The standard InChI is InChI=1S/C13H7Br2ClN2O5S/c14-7-4-10(24-12(7)15)13(20)23-5-11(19)17-9-3-6(18(21)22)1-2-8(9)16/h1-4H,5H2,(H,17,19). The highest BCUT2D eigenvalue weighted by molar-refractivity contribution is 9.13. The maximum Gasteiger partial charge on any atom is 0.348 e. The van der Waals surface area contributed by atoms with Crippen LogP contribution in [0.2, 0.25) is 5.02 Å². The van der Waals surface area contributed by atoms with Crippen LogP contribution in [-0.2, 0) is 9.53 Å². The van der Waals surface area contributed by atoms with Crippen molar-refractivity contribution in [2.75, 3.05) is 11.9 Å². The zero-order chi connectivity index (χ0) is 17.9. The van der Waals surface area contributed by atoms with Gasteiger partial charge in [0.05, 0.1) is 19.4 Å². The molecule has 0 spiro atoms. The number of non-ortho nitro benzene ring substituents is 1. The topological polar surface area (TPSA) is 98.5 Å². The fourth-order valence-corrected chi connectivity index (χ4v) is 3.65. The second-order valence-corrected chi connectivity index (χ2v) is 7.91. The van der Waals surface area contributed by atoms with Crippen molar-refractivity contribution in [3.8, 4) is 0 Å².